The van der Waals surface area contributed by atoms with Crippen LogP contribution in [-0.2, 0) is 19.6 Å². The highest BCUT2D eigenvalue weighted by molar-refractivity contribution is 7.92. The lowest BCUT2D eigenvalue weighted by atomic mass is 10.1. The van der Waals surface area contributed by atoms with E-state index in [4.69, 9.17) is 4.74 Å². The maximum atomic E-state index is 12.8. The molecular weight excluding hydrogens is 468 g/mol. The standard InChI is InChI=1S/C26H26N2O6S/c1-16-5-6-17(2)24(15-16)35(32,33)28-23-13-9-21(10-14-23)26(31)34-19(4)25(30)27-22-11-7-20(8-12-22)18(3)29/h5-15,19,28H,1-4H3,(H,27,30). The molecule has 3 aromatic carbocycles. The number of nitrogens with one attached hydrogen (secondary N) is 2. The third kappa shape index (κ3) is 6.54. The Balaban J connectivity index is 1.61. The van der Waals surface area contributed by atoms with E-state index in [0.717, 1.165) is 5.56 Å². The molecule has 9 heteroatoms. The molecule has 3 aromatic rings. The molecule has 1 atom stereocenters. The summed E-state index contributed by atoms with van der Waals surface area (Å²) in [4.78, 5) is 36.3. The van der Waals surface area contributed by atoms with E-state index in [1.165, 1.54) is 38.1 Å². The second kappa shape index (κ2) is 10.5. The summed E-state index contributed by atoms with van der Waals surface area (Å²) < 4.78 is 33.2. The molecule has 182 valence electrons. The number of carbonyl (C=O) groups excluding carboxylic acids is 3. The van der Waals surface area contributed by atoms with Gasteiger partial charge in [0.1, 0.15) is 0 Å². The average molecular weight is 495 g/mol. The lowest BCUT2D eigenvalue weighted by Crippen LogP contribution is -2.30. The largest absolute Gasteiger partial charge is 0.449 e. The zero-order valence-electron chi connectivity index (χ0n) is 19.8. The monoisotopic (exact) mass is 494 g/mol. The Kier molecular flexibility index (Phi) is 7.71. The first-order valence-corrected chi connectivity index (χ1v) is 12.3. The molecule has 0 saturated heterocycles. The number of Topliss-reactive ketones (excluding diaryl/α,β-unsaturated/α-hetero) is 1. The highest BCUT2D eigenvalue weighted by Gasteiger charge is 2.20. The van der Waals surface area contributed by atoms with E-state index >= 15 is 0 Å². The van der Waals surface area contributed by atoms with Crippen molar-refractivity contribution in [1.29, 1.82) is 0 Å². The minimum Gasteiger partial charge on any atom is -0.449 e. The molecule has 0 aliphatic rings. The van der Waals surface area contributed by atoms with Crippen molar-refractivity contribution in [2.45, 2.75) is 38.7 Å². The van der Waals surface area contributed by atoms with Gasteiger partial charge in [0, 0.05) is 16.9 Å². The number of carbonyl (C=O) groups is 3. The van der Waals surface area contributed by atoms with Gasteiger partial charge < -0.3 is 10.1 Å². The minimum absolute atomic E-state index is 0.0886. The van der Waals surface area contributed by atoms with Crippen LogP contribution in [0.1, 0.15) is 45.7 Å². The van der Waals surface area contributed by atoms with Crippen LogP contribution in [0.2, 0.25) is 0 Å². The second-order valence-corrected chi connectivity index (χ2v) is 9.77. The summed E-state index contributed by atoms with van der Waals surface area (Å²) in [6.45, 7) is 6.40. The molecule has 0 aliphatic carbocycles. The summed E-state index contributed by atoms with van der Waals surface area (Å²) >= 11 is 0. The molecule has 0 heterocycles. The Morgan fingerprint density at radius 2 is 1.40 bits per heavy atom. The van der Waals surface area contributed by atoms with E-state index in [2.05, 4.69) is 10.0 Å². The number of ketones is 1. The third-order valence-corrected chi connectivity index (χ3v) is 6.74. The van der Waals surface area contributed by atoms with Crippen molar-refractivity contribution >= 4 is 39.1 Å². The fourth-order valence-electron chi connectivity index (χ4n) is 3.20. The summed E-state index contributed by atoms with van der Waals surface area (Å²) in [6.07, 6.45) is -1.09. The topological polar surface area (TPSA) is 119 Å². The molecule has 0 aliphatic heterocycles. The van der Waals surface area contributed by atoms with E-state index < -0.39 is 28.0 Å². The maximum absolute atomic E-state index is 12.8. The van der Waals surface area contributed by atoms with Gasteiger partial charge >= 0.3 is 5.97 Å². The van der Waals surface area contributed by atoms with Gasteiger partial charge in [0.2, 0.25) is 0 Å². The number of esters is 1. The van der Waals surface area contributed by atoms with Crippen LogP contribution in [0.25, 0.3) is 0 Å². The highest BCUT2D eigenvalue weighted by Crippen LogP contribution is 2.21. The molecule has 0 saturated carbocycles. The fraction of sp³-hybridized carbons (Fsp3) is 0.192. The number of ether oxygens (including phenoxy) is 1. The molecule has 1 amide bonds. The Labute approximate surface area is 204 Å². The van der Waals surface area contributed by atoms with Gasteiger partial charge in [-0.25, -0.2) is 13.2 Å². The molecule has 0 bridgehead atoms. The van der Waals surface area contributed by atoms with Gasteiger partial charge in [0.05, 0.1) is 10.5 Å². The lowest BCUT2D eigenvalue weighted by molar-refractivity contribution is -0.123. The highest BCUT2D eigenvalue weighted by atomic mass is 32.2. The summed E-state index contributed by atoms with van der Waals surface area (Å²) in [5.74, 6) is -1.36. The second-order valence-electron chi connectivity index (χ2n) is 8.12. The molecule has 0 fully saturated rings. The van der Waals surface area contributed by atoms with E-state index in [1.807, 2.05) is 13.0 Å². The van der Waals surface area contributed by atoms with E-state index in [-0.39, 0.29) is 21.9 Å². The van der Waals surface area contributed by atoms with Crippen LogP contribution in [0.3, 0.4) is 0 Å². The van der Waals surface area contributed by atoms with Crippen molar-refractivity contribution in [1.82, 2.24) is 0 Å². The van der Waals surface area contributed by atoms with Gasteiger partial charge in [-0.05, 0) is 93.4 Å². The predicted molar refractivity (Wildman–Crippen MR) is 133 cm³/mol. The molecule has 8 nitrogen and oxygen atoms in total. The predicted octanol–water partition coefficient (Wildman–Crippen LogP) is 4.49. The van der Waals surface area contributed by atoms with Crippen molar-refractivity contribution in [3.8, 4) is 0 Å². The zero-order chi connectivity index (χ0) is 25.8. The van der Waals surface area contributed by atoms with Crippen LogP contribution in [0.5, 0.6) is 0 Å². The number of sulfonamides is 1. The van der Waals surface area contributed by atoms with Gasteiger partial charge in [-0.1, -0.05) is 12.1 Å². The molecule has 3 rings (SSSR count). The van der Waals surface area contributed by atoms with Crippen LogP contribution in [0, 0.1) is 13.8 Å². The lowest BCUT2D eigenvalue weighted by Gasteiger charge is -2.14. The first-order valence-electron chi connectivity index (χ1n) is 10.8. The Bertz CT molecular complexity index is 1360. The number of benzene rings is 3. The van der Waals surface area contributed by atoms with Crippen LogP contribution >= 0.6 is 0 Å². The molecule has 2 N–H and O–H groups in total. The van der Waals surface area contributed by atoms with Gasteiger partial charge in [0.15, 0.2) is 11.9 Å². The van der Waals surface area contributed by atoms with Crippen LogP contribution in [-0.4, -0.2) is 32.2 Å². The van der Waals surface area contributed by atoms with Gasteiger partial charge in [-0.2, -0.15) is 0 Å². The Hall–Kier alpha value is -3.98. The number of anilines is 2. The van der Waals surface area contributed by atoms with Crippen LogP contribution < -0.4 is 10.0 Å². The minimum atomic E-state index is -3.80. The van der Waals surface area contributed by atoms with Crippen molar-refractivity contribution in [2.75, 3.05) is 10.0 Å². The van der Waals surface area contributed by atoms with Crippen molar-refractivity contribution in [3.63, 3.8) is 0 Å². The van der Waals surface area contributed by atoms with E-state index in [9.17, 15) is 22.8 Å². The van der Waals surface area contributed by atoms with Crippen LogP contribution in [0.15, 0.2) is 71.6 Å². The van der Waals surface area contributed by atoms with E-state index in [0.29, 0.717) is 16.8 Å². The smallest absolute Gasteiger partial charge is 0.338 e. The van der Waals surface area contributed by atoms with Crippen LogP contribution in [0.4, 0.5) is 11.4 Å². The fourth-order valence-corrected chi connectivity index (χ4v) is 4.58. The molecule has 0 radical (unpaired) electrons. The first kappa shape index (κ1) is 25.6. The van der Waals surface area contributed by atoms with Gasteiger partial charge in [0.25, 0.3) is 15.9 Å². The third-order valence-electron chi connectivity index (χ3n) is 5.22. The normalized spacial score (nSPS) is 11.9. The van der Waals surface area contributed by atoms with E-state index in [1.54, 1.807) is 43.3 Å². The van der Waals surface area contributed by atoms with Crippen molar-refractivity contribution in [2.24, 2.45) is 0 Å². The zero-order valence-corrected chi connectivity index (χ0v) is 20.6. The summed E-state index contributed by atoms with van der Waals surface area (Å²) in [6, 6.07) is 17.2. The SMILES string of the molecule is CC(=O)c1ccc(NC(=O)C(C)OC(=O)c2ccc(NS(=O)(=O)c3cc(C)ccc3C)cc2)cc1. The van der Waals surface area contributed by atoms with Gasteiger partial charge in [-0.15, -0.1) is 0 Å². The molecule has 1 unspecified atom stereocenters. The molecular formula is C26H26N2O6S. The number of amides is 1. The summed E-state index contributed by atoms with van der Waals surface area (Å²) in [5.41, 5.74) is 2.85. The number of hydrogen-bond acceptors (Lipinski definition) is 6. The van der Waals surface area contributed by atoms with Crippen molar-refractivity contribution < 1.29 is 27.5 Å². The quantitative estimate of drug-likeness (QED) is 0.352. The molecule has 35 heavy (non-hydrogen) atoms. The first-order chi connectivity index (χ1) is 16.5. The number of hydrogen-bond donors (Lipinski definition) is 2. The maximum Gasteiger partial charge on any atom is 0.338 e. The Morgan fingerprint density at radius 3 is 2.00 bits per heavy atom. The summed E-state index contributed by atoms with van der Waals surface area (Å²) in [5, 5.41) is 2.62. The molecule has 0 aromatic heterocycles. The van der Waals surface area contributed by atoms with Gasteiger partial charge in [-0.3, -0.25) is 14.3 Å². The Morgan fingerprint density at radius 1 is 0.829 bits per heavy atom. The number of rotatable bonds is 8. The van der Waals surface area contributed by atoms with Crippen molar-refractivity contribution in [3.05, 3.63) is 89.0 Å². The summed E-state index contributed by atoms with van der Waals surface area (Å²) in [7, 11) is -3.80. The average Bonchev–Trinajstić information content (AvgIpc) is 2.81. The molecule has 0 spiro atoms. The number of aryl methyl sites for hydroxylation is 2.